The van der Waals surface area contributed by atoms with E-state index in [1.165, 1.54) is 0 Å². The number of hydrogen-bond donors (Lipinski definition) is 1. The fourth-order valence-corrected chi connectivity index (χ4v) is 2.08. The van der Waals surface area contributed by atoms with Gasteiger partial charge in [0.1, 0.15) is 0 Å². The molecule has 0 aliphatic rings. The molecule has 2 unspecified atom stereocenters. The van der Waals surface area contributed by atoms with Crippen LogP contribution in [0.15, 0.2) is 28.7 Å². The minimum absolute atomic E-state index is 0.331. The zero-order valence-electron chi connectivity index (χ0n) is 10.6. The summed E-state index contributed by atoms with van der Waals surface area (Å²) < 4.78 is 42.6. The molecule has 0 heterocycles. The molecule has 19 heavy (non-hydrogen) atoms. The number of alkyl halides is 3. The summed E-state index contributed by atoms with van der Waals surface area (Å²) in [5.41, 5.74) is 6.71. The second-order valence-corrected chi connectivity index (χ2v) is 5.20. The average molecular weight is 340 g/mol. The van der Waals surface area contributed by atoms with Gasteiger partial charge >= 0.3 is 6.18 Å². The van der Waals surface area contributed by atoms with Gasteiger partial charge in [-0.1, -0.05) is 35.0 Å². The van der Waals surface area contributed by atoms with Crippen LogP contribution in [0.1, 0.15) is 31.4 Å². The van der Waals surface area contributed by atoms with Gasteiger partial charge in [-0.15, -0.1) is 0 Å². The SMILES string of the molecule is CCC(N)C(OCCC(F)(F)F)c1cccc(Br)c1. The first kappa shape index (κ1) is 16.5. The molecule has 0 amide bonds. The third kappa shape index (κ3) is 5.93. The van der Waals surface area contributed by atoms with Gasteiger partial charge in [0.2, 0.25) is 0 Å². The maximum absolute atomic E-state index is 12.1. The molecule has 1 aromatic carbocycles. The molecule has 2 atom stereocenters. The van der Waals surface area contributed by atoms with Crippen molar-refractivity contribution in [2.75, 3.05) is 6.61 Å². The van der Waals surface area contributed by atoms with E-state index in [1.807, 2.05) is 25.1 Å². The first-order valence-electron chi connectivity index (χ1n) is 6.03. The van der Waals surface area contributed by atoms with Crippen LogP contribution in [-0.2, 0) is 4.74 Å². The number of nitrogens with two attached hydrogens (primary N) is 1. The highest BCUT2D eigenvalue weighted by Gasteiger charge is 2.28. The Kier molecular flexibility index (Phi) is 6.29. The molecule has 0 fully saturated rings. The Morgan fingerprint density at radius 1 is 1.37 bits per heavy atom. The van der Waals surface area contributed by atoms with E-state index in [0.717, 1.165) is 10.0 Å². The second-order valence-electron chi connectivity index (χ2n) is 4.28. The minimum atomic E-state index is -4.21. The second kappa shape index (κ2) is 7.26. The normalized spacial score (nSPS) is 15.3. The van der Waals surface area contributed by atoms with Gasteiger partial charge in [0.15, 0.2) is 0 Å². The molecular weight excluding hydrogens is 323 g/mol. The average Bonchev–Trinajstić information content (AvgIpc) is 2.32. The summed E-state index contributed by atoms with van der Waals surface area (Å²) in [6, 6.07) is 6.93. The van der Waals surface area contributed by atoms with Crippen LogP contribution in [0.4, 0.5) is 13.2 Å². The van der Waals surface area contributed by atoms with Crippen molar-refractivity contribution < 1.29 is 17.9 Å². The fraction of sp³-hybridized carbons (Fsp3) is 0.538. The maximum atomic E-state index is 12.1. The summed E-state index contributed by atoms with van der Waals surface area (Å²) in [5.74, 6) is 0. The third-order valence-electron chi connectivity index (χ3n) is 2.72. The van der Waals surface area contributed by atoms with E-state index in [-0.39, 0.29) is 12.6 Å². The fourth-order valence-electron chi connectivity index (χ4n) is 1.67. The Labute approximate surface area is 119 Å². The number of rotatable bonds is 6. The predicted molar refractivity (Wildman–Crippen MR) is 71.8 cm³/mol. The lowest BCUT2D eigenvalue weighted by atomic mass is 10.0. The highest BCUT2D eigenvalue weighted by atomic mass is 79.9. The lowest BCUT2D eigenvalue weighted by Gasteiger charge is -2.24. The van der Waals surface area contributed by atoms with Crippen LogP contribution in [0.2, 0.25) is 0 Å². The highest BCUT2D eigenvalue weighted by Crippen LogP contribution is 2.27. The van der Waals surface area contributed by atoms with E-state index in [4.69, 9.17) is 10.5 Å². The monoisotopic (exact) mass is 339 g/mol. The van der Waals surface area contributed by atoms with Gasteiger partial charge in [-0.05, 0) is 24.1 Å². The van der Waals surface area contributed by atoms with E-state index in [2.05, 4.69) is 15.9 Å². The molecule has 2 N–H and O–H groups in total. The molecule has 0 aromatic heterocycles. The molecule has 0 bridgehead atoms. The van der Waals surface area contributed by atoms with Gasteiger partial charge < -0.3 is 10.5 Å². The summed E-state index contributed by atoms with van der Waals surface area (Å²) in [4.78, 5) is 0. The van der Waals surface area contributed by atoms with Crippen molar-refractivity contribution in [2.45, 2.75) is 38.1 Å². The quantitative estimate of drug-likeness (QED) is 0.843. The van der Waals surface area contributed by atoms with Crippen molar-refractivity contribution >= 4 is 15.9 Å². The van der Waals surface area contributed by atoms with E-state index in [0.29, 0.717) is 6.42 Å². The van der Waals surface area contributed by atoms with Crippen LogP contribution in [0.3, 0.4) is 0 Å². The minimum Gasteiger partial charge on any atom is -0.372 e. The lowest BCUT2D eigenvalue weighted by Crippen LogP contribution is -2.30. The first-order valence-corrected chi connectivity index (χ1v) is 6.82. The van der Waals surface area contributed by atoms with E-state index >= 15 is 0 Å². The Bertz CT molecular complexity index is 398. The molecule has 6 heteroatoms. The van der Waals surface area contributed by atoms with Crippen molar-refractivity contribution in [2.24, 2.45) is 5.73 Å². The van der Waals surface area contributed by atoms with Crippen molar-refractivity contribution in [1.29, 1.82) is 0 Å². The molecule has 0 aliphatic carbocycles. The molecule has 2 nitrogen and oxygen atoms in total. The van der Waals surface area contributed by atoms with Crippen LogP contribution >= 0.6 is 15.9 Å². The lowest BCUT2D eigenvalue weighted by molar-refractivity contribution is -0.150. The highest BCUT2D eigenvalue weighted by molar-refractivity contribution is 9.10. The number of ether oxygens (including phenoxy) is 1. The Balaban J connectivity index is 2.73. The summed E-state index contributed by atoms with van der Waals surface area (Å²) in [7, 11) is 0. The van der Waals surface area contributed by atoms with Gasteiger partial charge in [0.25, 0.3) is 0 Å². The zero-order chi connectivity index (χ0) is 14.5. The summed E-state index contributed by atoms with van der Waals surface area (Å²) >= 11 is 3.33. The predicted octanol–water partition coefficient (Wildman–Crippen LogP) is 4.20. The summed E-state index contributed by atoms with van der Waals surface area (Å²) in [5, 5.41) is 0. The molecule has 1 aromatic rings. The molecule has 1 rings (SSSR count). The maximum Gasteiger partial charge on any atom is 0.391 e. The molecule has 0 saturated carbocycles. The summed E-state index contributed by atoms with van der Waals surface area (Å²) in [6.07, 6.45) is -5.07. The van der Waals surface area contributed by atoms with Crippen LogP contribution in [0.5, 0.6) is 0 Å². The zero-order valence-corrected chi connectivity index (χ0v) is 12.2. The summed E-state index contributed by atoms with van der Waals surface area (Å²) in [6.45, 7) is 1.50. The number of hydrogen-bond acceptors (Lipinski definition) is 2. The van der Waals surface area contributed by atoms with Gasteiger partial charge in [-0.25, -0.2) is 0 Å². The molecule has 0 saturated heterocycles. The molecule has 108 valence electrons. The van der Waals surface area contributed by atoms with Gasteiger partial charge in [-0.3, -0.25) is 0 Å². The number of halogens is 4. The van der Waals surface area contributed by atoms with Crippen LogP contribution in [0.25, 0.3) is 0 Å². The van der Waals surface area contributed by atoms with E-state index in [1.54, 1.807) is 6.07 Å². The first-order chi connectivity index (χ1) is 8.83. The van der Waals surface area contributed by atoms with Crippen LogP contribution in [-0.4, -0.2) is 18.8 Å². The van der Waals surface area contributed by atoms with Crippen molar-refractivity contribution in [3.8, 4) is 0 Å². The molecule has 0 aliphatic heterocycles. The standard InChI is InChI=1S/C13H17BrF3NO/c1-2-11(18)12(19-7-6-13(15,16)17)9-4-3-5-10(14)8-9/h3-5,8,11-12H,2,6-7,18H2,1H3. The van der Waals surface area contributed by atoms with Crippen molar-refractivity contribution in [1.82, 2.24) is 0 Å². The number of benzene rings is 1. The van der Waals surface area contributed by atoms with Gasteiger partial charge in [-0.2, -0.15) is 13.2 Å². The molecule has 0 radical (unpaired) electrons. The van der Waals surface area contributed by atoms with Gasteiger partial charge in [0.05, 0.1) is 19.1 Å². The molecule has 0 spiro atoms. The topological polar surface area (TPSA) is 35.2 Å². The molecular formula is C13H17BrF3NO. The van der Waals surface area contributed by atoms with Crippen molar-refractivity contribution in [3.05, 3.63) is 34.3 Å². The van der Waals surface area contributed by atoms with E-state index in [9.17, 15) is 13.2 Å². The van der Waals surface area contributed by atoms with Crippen molar-refractivity contribution in [3.63, 3.8) is 0 Å². The largest absolute Gasteiger partial charge is 0.391 e. The van der Waals surface area contributed by atoms with E-state index < -0.39 is 18.7 Å². The smallest absolute Gasteiger partial charge is 0.372 e. The Morgan fingerprint density at radius 2 is 2.05 bits per heavy atom. The van der Waals surface area contributed by atoms with Crippen LogP contribution < -0.4 is 5.73 Å². The Hall–Kier alpha value is -0.590. The third-order valence-corrected chi connectivity index (χ3v) is 3.21. The van der Waals surface area contributed by atoms with Gasteiger partial charge in [0, 0.05) is 10.5 Å². The Morgan fingerprint density at radius 3 is 2.58 bits per heavy atom. The van der Waals surface area contributed by atoms with Crippen LogP contribution in [0, 0.1) is 0 Å².